The fourth-order valence-corrected chi connectivity index (χ4v) is 2.31. The van der Waals surface area contributed by atoms with Gasteiger partial charge in [-0.2, -0.15) is 5.10 Å². The number of hydrogen-bond acceptors (Lipinski definition) is 4. The number of carbonyl (C=O) groups is 1. The number of carbonyl (C=O) groups excluding carboxylic acids is 1. The van der Waals surface area contributed by atoms with Crippen LogP contribution >= 0.6 is 0 Å². The molecule has 0 aliphatic carbocycles. The Morgan fingerprint density at radius 1 is 1.21 bits per heavy atom. The van der Waals surface area contributed by atoms with Crippen molar-refractivity contribution in [2.75, 3.05) is 0 Å². The second-order valence-electron chi connectivity index (χ2n) is 5.38. The molecule has 0 aliphatic rings. The number of nitrogens with one attached hydrogen (secondary N) is 1. The molecule has 0 saturated heterocycles. The highest BCUT2D eigenvalue weighted by Gasteiger charge is 2.14. The summed E-state index contributed by atoms with van der Waals surface area (Å²) in [6.45, 7) is 2.17. The van der Waals surface area contributed by atoms with Crippen molar-refractivity contribution in [3.8, 4) is 11.3 Å². The molecule has 3 aromatic rings. The molecule has 1 N–H and O–H groups in total. The van der Waals surface area contributed by atoms with Crippen molar-refractivity contribution in [2.45, 2.75) is 13.5 Å². The lowest BCUT2D eigenvalue weighted by Crippen LogP contribution is -2.25. The second-order valence-corrected chi connectivity index (χ2v) is 5.38. The van der Waals surface area contributed by atoms with Crippen LogP contribution in [0.1, 0.15) is 21.9 Å². The van der Waals surface area contributed by atoms with E-state index in [1.807, 2.05) is 13.0 Å². The van der Waals surface area contributed by atoms with Gasteiger partial charge in [-0.1, -0.05) is 0 Å². The zero-order chi connectivity index (χ0) is 17.1. The lowest BCUT2D eigenvalue weighted by atomic mass is 10.1. The second kappa shape index (κ2) is 6.57. The maximum Gasteiger partial charge on any atom is 0.269 e. The molecule has 0 unspecified atom stereocenters. The van der Waals surface area contributed by atoms with E-state index >= 15 is 0 Å². The largest absolute Gasteiger partial charge is 0.345 e. The Hall–Kier alpha value is -3.09. The summed E-state index contributed by atoms with van der Waals surface area (Å²) < 4.78 is 14.5. The highest BCUT2D eigenvalue weighted by atomic mass is 19.1. The molecule has 6 nitrogen and oxygen atoms in total. The standard InChI is InChI=1S/C17H16FN5O/c1-11-7-14(21-10-20-11)9-19-17(24)16-8-15(22-23(16)2)12-3-5-13(18)6-4-12/h3-8,10H,9H2,1-2H3,(H,19,24). The van der Waals surface area contributed by atoms with Gasteiger partial charge in [0.2, 0.25) is 0 Å². The third-order valence-electron chi connectivity index (χ3n) is 3.54. The van der Waals surface area contributed by atoms with E-state index in [1.165, 1.54) is 23.1 Å². The number of amides is 1. The molecule has 0 spiro atoms. The molecule has 0 radical (unpaired) electrons. The number of hydrogen-bond donors (Lipinski definition) is 1. The summed E-state index contributed by atoms with van der Waals surface area (Å²) in [6.07, 6.45) is 1.47. The van der Waals surface area contributed by atoms with E-state index in [2.05, 4.69) is 20.4 Å². The van der Waals surface area contributed by atoms with E-state index in [9.17, 15) is 9.18 Å². The van der Waals surface area contributed by atoms with Crippen LogP contribution in [0.5, 0.6) is 0 Å². The molecule has 3 rings (SSSR count). The Labute approximate surface area is 138 Å². The van der Waals surface area contributed by atoms with Crippen molar-refractivity contribution in [3.63, 3.8) is 0 Å². The van der Waals surface area contributed by atoms with Gasteiger partial charge in [-0.05, 0) is 43.3 Å². The van der Waals surface area contributed by atoms with Gasteiger partial charge in [0.05, 0.1) is 17.9 Å². The zero-order valence-corrected chi connectivity index (χ0v) is 13.3. The predicted molar refractivity (Wildman–Crippen MR) is 86.5 cm³/mol. The molecular weight excluding hydrogens is 309 g/mol. The Morgan fingerprint density at radius 2 is 1.96 bits per heavy atom. The molecule has 7 heteroatoms. The van der Waals surface area contributed by atoms with Gasteiger partial charge < -0.3 is 5.32 Å². The molecule has 0 atom stereocenters. The molecule has 122 valence electrons. The van der Waals surface area contributed by atoms with Crippen LogP contribution in [0.25, 0.3) is 11.3 Å². The van der Waals surface area contributed by atoms with Crippen LogP contribution in [0.2, 0.25) is 0 Å². The van der Waals surface area contributed by atoms with Crippen molar-refractivity contribution in [2.24, 2.45) is 7.05 Å². The highest BCUT2D eigenvalue weighted by molar-refractivity contribution is 5.93. The molecule has 0 aliphatic heterocycles. The third-order valence-corrected chi connectivity index (χ3v) is 3.54. The maximum atomic E-state index is 13.0. The summed E-state index contributed by atoms with van der Waals surface area (Å²) in [5, 5.41) is 7.12. The van der Waals surface area contributed by atoms with E-state index in [-0.39, 0.29) is 11.7 Å². The maximum absolute atomic E-state index is 13.0. The lowest BCUT2D eigenvalue weighted by Gasteiger charge is -2.05. The summed E-state index contributed by atoms with van der Waals surface area (Å²) in [7, 11) is 1.69. The summed E-state index contributed by atoms with van der Waals surface area (Å²) in [5.74, 6) is -0.567. The number of halogens is 1. The summed E-state index contributed by atoms with van der Waals surface area (Å²) in [4.78, 5) is 20.5. The van der Waals surface area contributed by atoms with Gasteiger partial charge in [0.15, 0.2) is 0 Å². The van der Waals surface area contributed by atoms with Crippen LogP contribution in [-0.2, 0) is 13.6 Å². The minimum absolute atomic E-state index is 0.255. The van der Waals surface area contributed by atoms with Crippen LogP contribution in [0.3, 0.4) is 0 Å². The predicted octanol–water partition coefficient (Wildman–Crippen LogP) is 2.25. The first-order chi connectivity index (χ1) is 11.5. The van der Waals surface area contributed by atoms with Gasteiger partial charge in [0, 0.05) is 18.3 Å². The lowest BCUT2D eigenvalue weighted by molar-refractivity contribution is 0.0941. The Balaban J connectivity index is 1.74. The molecular formula is C17H16FN5O. The van der Waals surface area contributed by atoms with E-state index in [1.54, 1.807) is 25.2 Å². The van der Waals surface area contributed by atoms with Crippen LogP contribution in [0.15, 0.2) is 42.7 Å². The molecule has 24 heavy (non-hydrogen) atoms. The first-order valence-electron chi connectivity index (χ1n) is 7.38. The first kappa shape index (κ1) is 15.8. The molecule has 1 aromatic carbocycles. The number of aromatic nitrogens is 4. The Morgan fingerprint density at radius 3 is 2.67 bits per heavy atom. The van der Waals surface area contributed by atoms with E-state index < -0.39 is 0 Å². The fraction of sp³-hybridized carbons (Fsp3) is 0.176. The monoisotopic (exact) mass is 325 g/mol. The van der Waals surface area contributed by atoms with Crippen LogP contribution < -0.4 is 5.32 Å². The smallest absolute Gasteiger partial charge is 0.269 e. The van der Waals surface area contributed by atoms with E-state index in [0.717, 1.165) is 17.0 Å². The van der Waals surface area contributed by atoms with Gasteiger partial charge in [0.25, 0.3) is 5.91 Å². The molecule has 1 amide bonds. The molecule has 2 aromatic heterocycles. The summed E-state index contributed by atoms with van der Waals surface area (Å²) in [5.41, 5.74) is 3.35. The van der Waals surface area contributed by atoms with Crippen molar-refractivity contribution in [1.29, 1.82) is 0 Å². The normalized spacial score (nSPS) is 10.6. The Kier molecular flexibility index (Phi) is 4.33. The Bertz CT molecular complexity index is 873. The first-order valence-corrected chi connectivity index (χ1v) is 7.38. The van der Waals surface area contributed by atoms with Crippen LogP contribution in [0.4, 0.5) is 4.39 Å². The minimum Gasteiger partial charge on any atom is -0.345 e. The molecule has 0 saturated carbocycles. The number of benzene rings is 1. The van der Waals surface area contributed by atoms with Gasteiger partial charge in [-0.25, -0.2) is 14.4 Å². The quantitative estimate of drug-likeness (QED) is 0.798. The van der Waals surface area contributed by atoms with Crippen molar-refractivity contribution in [3.05, 3.63) is 65.6 Å². The minimum atomic E-state index is -0.312. The molecule has 2 heterocycles. The SMILES string of the molecule is Cc1cc(CNC(=O)c2cc(-c3ccc(F)cc3)nn2C)ncn1. The van der Waals surface area contributed by atoms with E-state index in [4.69, 9.17) is 0 Å². The summed E-state index contributed by atoms with van der Waals surface area (Å²) in [6, 6.07) is 9.47. The van der Waals surface area contributed by atoms with Gasteiger partial charge >= 0.3 is 0 Å². The average molecular weight is 325 g/mol. The van der Waals surface area contributed by atoms with Crippen molar-refractivity contribution < 1.29 is 9.18 Å². The van der Waals surface area contributed by atoms with Crippen molar-refractivity contribution >= 4 is 5.91 Å². The van der Waals surface area contributed by atoms with Crippen molar-refractivity contribution in [1.82, 2.24) is 25.1 Å². The zero-order valence-electron chi connectivity index (χ0n) is 13.3. The fourth-order valence-electron chi connectivity index (χ4n) is 2.31. The topological polar surface area (TPSA) is 72.7 Å². The van der Waals surface area contributed by atoms with Gasteiger partial charge in [-0.15, -0.1) is 0 Å². The average Bonchev–Trinajstić information content (AvgIpc) is 2.95. The number of nitrogens with zero attached hydrogens (tertiary/aromatic N) is 4. The number of rotatable bonds is 4. The molecule has 0 bridgehead atoms. The van der Waals surface area contributed by atoms with E-state index in [0.29, 0.717) is 17.9 Å². The number of aryl methyl sites for hydroxylation is 2. The highest BCUT2D eigenvalue weighted by Crippen LogP contribution is 2.19. The van der Waals surface area contributed by atoms with Crippen LogP contribution in [0, 0.1) is 12.7 Å². The molecule has 0 fully saturated rings. The third kappa shape index (κ3) is 3.45. The summed E-state index contributed by atoms with van der Waals surface area (Å²) >= 11 is 0. The van der Waals surface area contributed by atoms with Gasteiger partial charge in [0.1, 0.15) is 17.8 Å². The van der Waals surface area contributed by atoms with Gasteiger partial charge in [-0.3, -0.25) is 9.48 Å². The van der Waals surface area contributed by atoms with Crippen LogP contribution in [-0.4, -0.2) is 25.7 Å².